The highest BCUT2D eigenvalue weighted by atomic mass is 16.5. The number of ether oxygens (including phenoxy) is 2. The largest absolute Gasteiger partial charge is 0.497 e. The van der Waals surface area contributed by atoms with Gasteiger partial charge in [0, 0.05) is 19.6 Å². The first kappa shape index (κ1) is 12.2. The third-order valence-electron chi connectivity index (χ3n) is 2.98. The van der Waals surface area contributed by atoms with Gasteiger partial charge in [-0.05, 0) is 30.7 Å². The third kappa shape index (κ3) is 3.61. The average Bonchev–Trinajstić information content (AvgIpc) is 2.76. The van der Waals surface area contributed by atoms with Gasteiger partial charge in [0.25, 0.3) is 0 Å². The SMILES string of the molecule is COc1ccc(OCCN2CCC(O)C2)cc1. The molecule has 0 bridgehead atoms. The van der Waals surface area contributed by atoms with Crippen molar-refractivity contribution in [2.45, 2.75) is 12.5 Å². The number of aliphatic hydroxyl groups is 1. The summed E-state index contributed by atoms with van der Waals surface area (Å²) in [5.41, 5.74) is 0. The lowest BCUT2D eigenvalue weighted by atomic mass is 10.3. The number of likely N-dealkylation sites (tertiary alicyclic amines) is 1. The number of aliphatic hydroxyl groups excluding tert-OH is 1. The first-order valence-corrected chi connectivity index (χ1v) is 5.95. The molecule has 1 unspecified atom stereocenters. The van der Waals surface area contributed by atoms with Gasteiger partial charge in [-0.15, -0.1) is 0 Å². The molecule has 1 aromatic rings. The van der Waals surface area contributed by atoms with E-state index in [0.29, 0.717) is 6.61 Å². The quantitative estimate of drug-likeness (QED) is 0.834. The highest BCUT2D eigenvalue weighted by Gasteiger charge is 2.19. The van der Waals surface area contributed by atoms with Crippen LogP contribution in [-0.2, 0) is 0 Å². The Bertz CT molecular complexity index is 339. The fourth-order valence-electron chi connectivity index (χ4n) is 1.98. The molecule has 0 spiro atoms. The molecule has 4 heteroatoms. The predicted octanol–water partition coefficient (Wildman–Crippen LogP) is 1.14. The van der Waals surface area contributed by atoms with Crippen molar-refractivity contribution in [1.82, 2.24) is 4.90 Å². The van der Waals surface area contributed by atoms with Crippen LogP contribution < -0.4 is 9.47 Å². The Labute approximate surface area is 102 Å². The smallest absolute Gasteiger partial charge is 0.119 e. The van der Waals surface area contributed by atoms with E-state index in [9.17, 15) is 5.11 Å². The molecule has 0 amide bonds. The fourth-order valence-corrected chi connectivity index (χ4v) is 1.98. The van der Waals surface area contributed by atoms with Gasteiger partial charge in [0.15, 0.2) is 0 Å². The summed E-state index contributed by atoms with van der Waals surface area (Å²) < 4.78 is 10.7. The van der Waals surface area contributed by atoms with Crippen molar-refractivity contribution in [3.63, 3.8) is 0 Å². The number of benzene rings is 1. The molecule has 1 aromatic carbocycles. The molecule has 0 saturated carbocycles. The van der Waals surface area contributed by atoms with E-state index in [2.05, 4.69) is 4.90 Å². The lowest BCUT2D eigenvalue weighted by Gasteiger charge is -2.15. The maximum absolute atomic E-state index is 9.38. The van der Waals surface area contributed by atoms with E-state index in [-0.39, 0.29) is 6.10 Å². The molecule has 1 N–H and O–H groups in total. The minimum atomic E-state index is -0.156. The van der Waals surface area contributed by atoms with Crippen LogP contribution in [0.3, 0.4) is 0 Å². The van der Waals surface area contributed by atoms with E-state index in [1.165, 1.54) is 0 Å². The minimum absolute atomic E-state index is 0.156. The fraction of sp³-hybridized carbons (Fsp3) is 0.538. The van der Waals surface area contributed by atoms with Crippen LogP contribution in [0.1, 0.15) is 6.42 Å². The average molecular weight is 237 g/mol. The maximum atomic E-state index is 9.38. The van der Waals surface area contributed by atoms with Crippen molar-refractivity contribution in [2.75, 3.05) is 33.4 Å². The Balaban J connectivity index is 1.70. The zero-order valence-electron chi connectivity index (χ0n) is 10.1. The van der Waals surface area contributed by atoms with E-state index in [1.54, 1.807) is 7.11 Å². The Morgan fingerprint density at radius 3 is 2.59 bits per heavy atom. The zero-order chi connectivity index (χ0) is 12.1. The number of β-amino-alcohol motifs (C(OH)–C–C–N with tert-alkyl or cyclic N) is 1. The van der Waals surface area contributed by atoms with Crippen LogP contribution in [0, 0.1) is 0 Å². The summed E-state index contributed by atoms with van der Waals surface area (Å²) in [5.74, 6) is 1.69. The molecule has 1 heterocycles. The van der Waals surface area contributed by atoms with Crippen molar-refractivity contribution in [3.05, 3.63) is 24.3 Å². The summed E-state index contributed by atoms with van der Waals surface area (Å²) in [6.07, 6.45) is 0.721. The Hall–Kier alpha value is -1.26. The topological polar surface area (TPSA) is 41.9 Å². The summed E-state index contributed by atoms with van der Waals surface area (Å²) in [6.45, 7) is 3.25. The van der Waals surface area contributed by atoms with Crippen LogP contribution in [-0.4, -0.2) is 49.5 Å². The predicted molar refractivity (Wildman–Crippen MR) is 65.6 cm³/mol. The Morgan fingerprint density at radius 1 is 1.29 bits per heavy atom. The molecule has 94 valence electrons. The van der Waals surface area contributed by atoms with Crippen LogP contribution in [0.15, 0.2) is 24.3 Å². The summed E-state index contributed by atoms with van der Waals surface area (Å²) >= 11 is 0. The molecule has 1 aliphatic heterocycles. The Morgan fingerprint density at radius 2 is 2.00 bits per heavy atom. The number of nitrogens with zero attached hydrogens (tertiary/aromatic N) is 1. The molecule has 1 aliphatic rings. The Kier molecular flexibility index (Phi) is 4.23. The highest BCUT2D eigenvalue weighted by molar-refractivity contribution is 5.31. The standard InChI is InChI=1S/C13H19NO3/c1-16-12-2-4-13(5-3-12)17-9-8-14-7-6-11(15)10-14/h2-5,11,15H,6-10H2,1H3. The number of methoxy groups -OCH3 is 1. The second-order valence-corrected chi connectivity index (χ2v) is 4.27. The van der Waals surface area contributed by atoms with Gasteiger partial charge in [-0.3, -0.25) is 4.90 Å². The second kappa shape index (κ2) is 5.89. The van der Waals surface area contributed by atoms with Crippen molar-refractivity contribution >= 4 is 0 Å². The van der Waals surface area contributed by atoms with E-state index in [0.717, 1.165) is 37.6 Å². The van der Waals surface area contributed by atoms with Gasteiger partial charge in [-0.25, -0.2) is 0 Å². The van der Waals surface area contributed by atoms with Gasteiger partial charge in [-0.2, -0.15) is 0 Å². The van der Waals surface area contributed by atoms with E-state index >= 15 is 0 Å². The third-order valence-corrected chi connectivity index (χ3v) is 2.98. The van der Waals surface area contributed by atoms with Crippen molar-refractivity contribution in [1.29, 1.82) is 0 Å². The summed E-state index contributed by atoms with van der Waals surface area (Å²) in [5, 5.41) is 9.38. The molecule has 17 heavy (non-hydrogen) atoms. The summed E-state index contributed by atoms with van der Waals surface area (Å²) in [6, 6.07) is 7.57. The van der Waals surface area contributed by atoms with Gasteiger partial charge in [0.1, 0.15) is 18.1 Å². The van der Waals surface area contributed by atoms with Crippen LogP contribution in [0.4, 0.5) is 0 Å². The highest BCUT2D eigenvalue weighted by Crippen LogP contribution is 2.17. The van der Waals surface area contributed by atoms with Crippen molar-refractivity contribution in [3.8, 4) is 11.5 Å². The molecule has 4 nitrogen and oxygen atoms in total. The first-order chi connectivity index (χ1) is 8.28. The van der Waals surface area contributed by atoms with Gasteiger partial charge in [0.05, 0.1) is 13.2 Å². The number of hydrogen-bond acceptors (Lipinski definition) is 4. The molecule has 0 aromatic heterocycles. The van der Waals surface area contributed by atoms with Gasteiger partial charge >= 0.3 is 0 Å². The van der Waals surface area contributed by atoms with Crippen molar-refractivity contribution < 1.29 is 14.6 Å². The zero-order valence-corrected chi connectivity index (χ0v) is 10.1. The van der Waals surface area contributed by atoms with E-state index < -0.39 is 0 Å². The van der Waals surface area contributed by atoms with E-state index in [4.69, 9.17) is 9.47 Å². The lowest BCUT2D eigenvalue weighted by molar-refractivity contribution is 0.167. The van der Waals surface area contributed by atoms with Gasteiger partial charge in [-0.1, -0.05) is 0 Å². The second-order valence-electron chi connectivity index (χ2n) is 4.27. The molecular formula is C13H19NO3. The van der Waals surface area contributed by atoms with Gasteiger partial charge in [0.2, 0.25) is 0 Å². The summed E-state index contributed by atoms with van der Waals surface area (Å²) in [4.78, 5) is 2.22. The number of rotatable bonds is 5. The molecule has 2 rings (SSSR count). The molecule has 0 radical (unpaired) electrons. The molecule has 1 atom stereocenters. The molecular weight excluding hydrogens is 218 g/mol. The maximum Gasteiger partial charge on any atom is 0.119 e. The van der Waals surface area contributed by atoms with Crippen molar-refractivity contribution in [2.24, 2.45) is 0 Å². The van der Waals surface area contributed by atoms with Crippen LogP contribution in [0.5, 0.6) is 11.5 Å². The molecule has 0 aliphatic carbocycles. The van der Waals surface area contributed by atoms with Crippen LogP contribution in [0.25, 0.3) is 0 Å². The minimum Gasteiger partial charge on any atom is -0.497 e. The van der Waals surface area contributed by atoms with E-state index in [1.807, 2.05) is 24.3 Å². The molecule has 1 fully saturated rings. The normalized spacial score (nSPS) is 20.5. The number of hydrogen-bond donors (Lipinski definition) is 1. The van der Waals surface area contributed by atoms with Crippen LogP contribution in [0.2, 0.25) is 0 Å². The monoisotopic (exact) mass is 237 g/mol. The summed E-state index contributed by atoms with van der Waals surface area (Å²) in [7, 11) is 1.65. The first-order valence-electron chi connectivity index (χ1n) is 5.95. The molecule has 1 saturated heterocycles. The lowest BCUT2D eigenvalue weighted by Crippen LogP contribution is -2.27. The van der Waals surface area contributed by atoms with Crippen LogP contribution >= 0.6 is 0 Å². The van der Waals surface area contributed by atoms with Gasteiger partial charge < -0.3 is 14.6 Å².